The van der Waals surface area contributed by atoms with Gasteiger partial charge in [0.15, 0.2) is 0 Å². The largest absolute Gasteiger partial charge is 0.0649 e. The molecule has 1 saturated carbocycles. The van der Waals surface area contributed by atoms with Gasteiger partial charge < -0.3 is 0 Å². The van der Waals surface area contributed by atoms with Gasteiger partial charge in [0.1, 0.15) is 0 Å². The molecule has 1 rings (SSSR count). The van der Waals surface area contributed by atoms with Crippen molar-refractivity contribution in [2.45, 2.75) is 99.8 Å². The molecule has 1 fully saturated rings. The predicted octanol–water partition coefficient (Wildman–Crippen LogP) is 6.84. The Morgan fingerprint density at radius 3 is 1.95 bits per heavy atom. The molecule has 0 spiro atoms. The zero-order valence-electron chi connectivity index (χ0n) is 14.7. The summed E-state index contributed by atoms with van der Waals surface area (Å²) in [4.78, 5) is 0. The van der Waals surface area contributed by atoms with Crippen LogP contribution in [0.5, 0.6) is 0 Å². The molecule has 1 aliphatic rings. The summed E-state index contributed by atoms with van der Waals surface area (Å²) in [7, 11) is 0. The molecular weight excluding hydrogens is 228 g/mol. The molecule has 0 N–H and O–H groups in total. The molecule has 0 bridgehead atoms. The maximum atomic E-state index is 2.49. The lowest BCUT2D eigenvalue weighted by molar-refractivity contribution is 0.103. The molecule has 1 unspecified atom stereocenters. The first-order chi connectivity index (χ1) is 8.62. The SMILES string of the molecule is CCC1(CC(C)CCC(C)(C)C(C)(C)C)CCCC1. The molecule has 0 heterocycles. The Morgan fingerprint density at radius 1 is 1.00 bits per heavy atom. The second-order valence-corrected chi connectivity index (χ2v) is 9.04. The van der Waals surface area contributed by atoms with E-state index in [2.05, 4.69) is 48.5 Å². The van der Waals surface area contributed by atoms with Crippen LogP contribution in [-0.4, -0.2) is 0 Å². The summed E-state index contributed by atoms with van der Waals surface area (Å²) >= 11 is 0. The molecule has 0 aromatic carbocycles. The molecular formula is C19H38. The van der Waals surface area contributed by atoms with Crippen LogP contribution in [0.1, 0.15) is 99.8 Å². The average molecular weight is 267 g/mol. The van der Waals surface area contributed by atoms with E-state index in [0.29, 0.717) is 16.2 Å². The smallest absolute Gasteiger partial charge is 0.0298 e. The highest BCUT2D eigenvalue weighted by Gasteiger charge is 2.35. The van der Waals surface area contributed by atoms with E-state index in [4.69, 9.17) is 0 Å². The predicted molar refractivity (Wildman–Crippen MR) is 87.4 cm³/mol. The molecule has 0 saturated heterocycles. The average Bonchev–Trinajstić information content (AvgIpc) is 2.74. The van der Waals surface area contributed by atoms with Gasteiger partial charge in [-0.15, -0.1) is 0 Å². The maximum Gasteiger partial charge on any atom is -0.0298 e. The summed E-state index contributed by atoms with van der Waals surface area (Å²) in [6.45, 7) is 17.0. The van der Waals surface area contributed by atoms with E-state index in [0.717, 1.165) is 5.92 Å². The molecule has 0 nitrogen and oxygen atoms in total. The summed E-state index contributed by atoms with van der Waals surface area (Å²) < 4.78 is 0. The van der Waals surface area contributed by atoms with E-state index in [1.165, 1.54) is 51.4 Å². The van der Waals surface area contributed by atoms with Gasteiger partial charge in [-0.3, -0.25) is 0 Å². The Balaban J connectivity index is 2.45. The molecule has 1 aliphatic carbocycles. The fraction of sp³-hybridized carbons (Fsp3) is 1.00. The molecule has 114 valence electrons. The second-order valence-electron chi connectivity index (χ2n) is 9.04. The molecule has 0 aromatic heterocycles. The van der Waals surface area contributed by atoms with Crippen LogP contribution in [0.15, 0.2) is 0 Å². The first-order valence-corrected chi connectivity index (χ1v) is 8.62. The van der Waals surface area contributed by atoms with Crippen LogP contribution >= 0.6 is 0 Å². The lowest BCUT2D eigenvalue weighted by atomic mass is 9.65. The first-order valence-electron chi connectivity index (χ1n) is 8.62. The Morgan fingerprint density at radius 2 is 1.53 bits per heavy atom. The van der Waals surface area contributed by atoms with Crippen molar-refractivity contribution in [1.29, 1.82) is 0 Å². The summed E-state index contributed by atoms with van der Waals surface area (Å²) in [6.07, 6.45) is 11.6. The highest BCUT2D eigenvalue weighted by molar-refractivity contribution is 4.87. The van der Waals surface area contributed by atoms with E-state index < -0.39 is 0 Å². The zero-order valence-corrected chi connectivity index (χ0v) is 14.7. The molecule has 0 radical (unpaired) electrons. The van der Waals surface area contributed by atoms with Crippen molar-refractivity contribution >= 4 is 0 Å². The van der Waals surface area contributed by atoms with Gasteiger partial charge in [-0.2, -0.15) is 0 Å². The van der Waals surface area contributed by atoms with E-state index in [9.17, 15) is 0 Å². The third-order valence-electron chi connectivity index (χ3n) is 6.49. The minimum atomic E-state index is 0.419. The van der Waals surface area contributed by atoms with Crippen molar-refractivity contribution < 1.29 is 0 Å². The van der Waals surface area contributed by atoms with Gasteiger partial charge >= 0.3 is 0 Å². The maximum absolute atomic E-state index is 2.49. The van der Waals surface area contributed by atoms with E-state index in [1.54, 1.807) is 0 Å². The minimum Gasteiger partial charge on any atom is -0.0649 e. The Hall–Kier alpha value is 0. The van der Waals surface area contributed by atoms with Gasteiger partial charge in [0.2, 0.25) is 0 Å². The third-order valence-corrected chi connectivity index (χ3v) is 6.49. The van der Waals surface area contributed by atoms with Crippen LogP contribution in [-0.2, 0) is 0 Å². The Bertz CT molecular complexity index is 260. The lowest BCUT2D eigenvalue weighted by Gasteiger charge is -2.40. The van der Waals surface area contributed by atoms with E-state index in [-0.39, 0.29) is 0 Å². The second kappa shape index (κ2) is 6.19. The highest BCUT2D eigenvalue weighted by atomic mass is 14.4. The quantitative estimate of drug-likeness (QED) is 0.494. The minimum absolute atomic E-state index is 0.419. The summed E-state index contributed by atoms with van der Waals surface area (Å²) in [6, 6.07) is 0. The standard InChI is InChI=1S/C19H38/c1-8-19(12-9-10-13-19)15-16(2)11-14-18(6,7)17(3,4)5/h16H,8-15H2,1-7H3. The Labute approximate surface area is 122 Å². The highest BCUT2D eigenvalue weighted by Crippen LogP contribution is 2.48. The summed E-state index contributed by atoms with van der Waals surface area (Å²) in [5.74, 6) is 0.902. The number of rotatable bonds is 6. The monoisotopic (exact) mass is 266 g/mol. The molecule has 0 aromatic rings. The van der Waals surface area contributed by atoms with Crippen molar-refractivity contribution in [3.63, 3.8) is 0 Å². The van der Waals surface area contributed by atoms with Gasteiger partial charge in [0.25, 0.3) is 0 Å². The van der Waals surface area contributed by atoms with E-state index in [1.807, 2.05) is 0 Å². The fourth-order valence-electron chi connectivity index (χ4n) is 3.65. The first kappa shape index (κ1) is 17.1. The third kappa shape index (κ3) is 4.50. The van der Waals surface area contributed by atoms with E-state index >= 15 is 0 Å². The number of hydrogen-bond donors (Lipinski definition) is 0. The van der Waals surface area contributed by atoms with Crippen molar-refractivity contribution in [2.75, 3.05) is 0 Å². The lowest BCUT2D eigenvalue weighted by Crippen LogP contribution is -2.30. The van der Waals surface area contributed by atoms with Gasteiger partial charge in [-0.05, 0) is 47.8 Å². The topological polar surface area (TPSA) is 0 Å². The molecule has 1 atom stereocenters. The van der Waals surface area contributed by atoms with Gasteiger partial charge in [0, 0.05) is 0 Å². The van der Waals surface area contributed by atoms with Crippen molar-refractivity contribution in [3.8, 4) is 0 Å². The van der Waals surface area contributed by atoms with Crippen LogP contribution in [0.25, 0.3) is 0 Å². The summed E-state index contributed by atoms with van der Waals surface area (Å²) in [5, 5.41) is 0. The Kier molecular flexibility index (Phi) is 5.55. The normalized spacial score (nSPS) is 21.6. The van der Waals surface area contributed by atoms with Crippen LogP contribution in [0, 0.1) is 22.2 Å². The van der Waals surface area contributed by atoms with Crippen molar-refractivity contribution in [2.24, 2.45) is 22.2 Å². The van der Waals surface area contributed by atoms with Crippen LogP contribution < -0.4 is 0 Å². The van der Waals surface area contributed by atoms with Crippen molar-refractivity contribution in [1.82, 2.24) is 0 Å². The van der Waals surface area contributed by atoms with Gasteiger partial charge in [-0.1, -0.05) is 74.1 Å². The zero-order chi connectivity index (χ0) is 14.7. The van der Waals surface area contributed by atoms with Crippen LogP contribution in [0.3, 0.4) is 0 Å². The van der Waals surface area contributed by atoms with Crippen LogP contribution in [0.2, 0.25) is 0 Å². The van der Waals surface area contributed by atoms with Crippen LogP contribution in [0.4, 0.5) is 0 Å². The van der Waals surface area contributed by atoms with Crippen molar-refractivity contribution in [3.05, 3.63) is 0 Å². The van der Waals surface area contributed by atoms with Gasteiger partial charge in [0.05, 0.1) is 0 Å². The fourth-order valence-corrected chi connectivity index (χ4v) is 3.65. The number of hydrogen-bond acceptors (Lipinski definition) is 0. The van der Waals surface area contributed by atoms with Gasteiger partial charge in [-0.25, -0.2) is 0 Å². The molecule has 0 amide bonds. The molecule has 0 heteroatoms. The summed E-state index contributed by atoms with van der Waals surface area (Å²) in [5.41, 5.74) is 1.59. The molecule has 0 aliphatic heterocycles. The molecule has 19 heavy (non-hydrogen) atoms.